The van der Waals surface area contributed by atoms with Crippen LogP contribution in [0.2, 0.25) is 0 Å². The molecule has 28 heavy (non-hydrogen) atoms. The number of benzene rings is 2. The lowest BCUT2D eigenvalue weighted by Gasteiger charge is -2.09. The third kappa shape index (κ3) is 4.73. The Balaban J connectivity index is 1.31. The van der Waals surface area contributed by atoms with Crippen molar-refractivity contribution in [2.24, 2.45) is 0 Å². The van der Waals surface area contributed by atoms with E-state index in [-0.39, 0.29) is 0 Å². The van der Waals surface area contributed by atoms with Gasteiger partial charge in [0.25, 0.3) is 0 Å². The number of aromatic nitrogens is 4. The highest BCUT2D eigenvalue weighted by Crippen LogP contribution is 2.19. The predicted octanol–water partition coefficient (Wildman–Crippen LogP) is 4.10. The third-order valence-electron chi connectivity index (χ3n) is 4.27. The molecule has 0 atom stereocenters. The first-order chi connectivity index (χ1) is 13.9. The standard InChI is InChI=1S/C22H21N5O/c1-2-5-17(6-3-1)11-14-28-20-8-4-7-19(15-20)24-16-21-25-22(27-26-21)18-9-12-23-13-10-18/h1-10,12-13,15,24H,11,14,16H2,(H,25,26,27). The highest BCUT2D eigenvalue weighted by Gasteiger charge is 2.06. The number of nitrogens with one attached hydrogen (secondary N) is 2. The Morgan fingerprint density at radius 3 is 2.64 bits per heavy atom. The summed E-state index contributed by atoms with van der Waals surface area (Å²) in [5, 5.41) is 10.6. The van der Waals surface area contributed by atoms with Crippen molar-refractivity contribution in [3.05, 3.63) is 90.5 Å². The zero-order valence-corrected chi connectivity index (χ0v) is 15.4. The summed E-state index contributed by atoms with van der Waals surface area (Å²) < 4.78 is 5.88. The predicted molar refractivity (Wildman–Crippen MR) is 109 cm³/mol. The zero-order chi connectivity index (χ0) is 19.0. The molecule has 0 aliphatic heterocycles. The van der Waals surface area contributed by atoms with Gasteiger partial charge in [-0.05, 0) is 29.8 Å². The van der Waals surface area contributed by atoms with Crippen LogP contribution in [0.1, 0.15) is 11.4 Å². The van der Waals surface area contributed by atoms with Crippen molar-refractivity contribution in [1.82, 2.24) is 20.2 Å². The number of hydrogen-bond acceptors (Lipinski definition) is 5. The van der Waals surface area contributed by atoms with Crippen LogP contribution in [0.25, 0.3) is 11.4 Å². The SMILES string of the molecule is c1ccc(CCOc2cccc(NCc3nc(-c4ccncc4)n[nH]3)c2)cc1. The summed E-state index contributed by atoms with van der Waals surface area (Å²) in [6.07, 6.45) is 4.34. The molecule has 0 amide bonds. The van der Waals surface area contributed by atoms with Crippen LogP contribution in [-0.2, 0) is 13.0 Å². The van der Waals surface area contributed by atoms with Crippen molar-refractivity contribution in [3.8, 4) is 17.1 Å². The van der Waals surface area contributed by atoms with Crippen LogP contribution < -0.4 is 10.1 Å². The number of rotatable bonds is 8. The molecule has 140 valence electrons. The van der Waals surface area contributed by atoms with Crippen LogP contribution in [0.4, 0.5) is 5.69 Å². The third-order valence-corrected chi connectivity index (χ3v) is 4.27. The lowest BCUT2D eigenvalue weighted by molar-refractivity contribution is 0.322. The Morgan fingerprint density at radius 2 is 1.79 bits per heavy atom. The van der Waals surface area contributed by atoms with Gasteiger partial charge < -0.3 is 10.1 Å². The lowest BCUT2D eigenvalue weighted by Crippen LogP contribution is -2.03. The van der Waals surface area contributed by atoms with Crippen molar-refractivity contribution in [1.29, 1.82) is 0 Å². The van der Waals surface area contributed by atoms with Crippen LogP contribution >= 0.6 is 0 Å². The van der Waals surface area contributed by atoms with Crippen LogP contribution in [0.3, 0.4) is 0 Å². The van der Waals surface area contributed by atoms with Gasteiger partial charge in [-0.3, -0.25) is 10.1 Å². The Labute approximate surface area is 163 Å². The maximum Gasteiger partial charge on any atom is 0.181 e. The molecule has 0 saturated heterocycles. The van der Waals surface area contributed by atoms with Crippen LogP contribution in [0.5, 0.6) is 5.75 Å². The maximum atomic E-state index is 5.88. The minimum Gasteiger partial charge on any atom is -0.493 e. The second-order valence-corrected chi connectivity index (χ2v) is 6.31. The van der Waals surface area contributed by atoms with Gasteiger partial charge in [0.2, 0.25) is 0 Å². The first-order valence-corrected chi connectivity index (χ1v) is 9.19. The quantitative estimate of drug-likeness (QED) is 0.488. The Hall–Kier alpha value is -3.67. The van der Waals surface area contributed by atoms with Gasteiger partial charge in [0.15, 0.2) is 5.82 Å². The monoisotopic (exact) mass is 371 g/mol. The van der Waals surface area contributed by atoms with E-state index in [1.807, 2.05) is 54.6 Å². The molecule has 2 N–H and O–H groups in total. The molecule has 0 spiro atoms. The van der Waals surface area contributed by atoms with E-state index < -0.39 is 0 Å². The highest BCUT2D eigenvalue weighted by molar-refractivity contribution is 5.53. The normalized spacial score (nSPS) is 10.6. The molecule has 0 saturated carbocycles. The average molecular weight is 371 g/mol. The van der Waals surface area contributed by atoms with Gasteiger partial charge in [0.05, 0.1) is 13.2 Å². The van der Waals surface area contributed by atoms with E-state index >= 15 is 0 Å². The van der Waals surface area contributed by atoms with E-state index in [1.165, 1.54) is 5.56 Å². The van der Waals surface area contributed by atoms with E-state index in [4.69, 9.17) is 4.74 Å². The molecule has 2 aromatic carbocycles. The highest BCUT2D eigenvalue weighted by atomic mass is 16.5. The Bertz CT molecular complexity index is 1000. The first kappa shape index (κ1) is 17.7. The minimum absolute atomic E-state index is 0.547. The molecule has 4 rings (SSSR count). The van der Waals surface area contributed by atoms with E-state index in [1.54, 1.807) is 12.4 Å². The molecule has 2 aromatic heterocycles. The molecule has 0 unspecified atom stereocenters. The maximum absolute atomic E-state index is 5.88. The van der Waals surface area contributed by atoms with Gasteiger partial charge >= 0.3 is 0 Å². The summed E-state index contributed by atoms with van der Waals surface area (Å²) in [6.45, 7) is 1.19. The second-order valence-electron chi connectivity index (χ2n) is 6.31. The number of nitrogens with zero attached hydrogens (tertiary/aromatic N) is 3. The van der Waals surface area contributed by atoms with Crippen molar-refractivity contribution in [2.45, 2.75) is 13.0 Å². The fraction of sp³-hybridized carbons (Fsp3) is 0.136. The number of pyridine rings is 1. The molecule has 0 aliphatic carbocycles. The molecule has 6 heteroatoms. The number of H-pyrrole nitrogens is 1. The summed E-state index contributed by atoms with van der Waals surface area (Å²) in [5.41, 5.74) is 3.18. The number of hydrogen-bond donors (Lipinski definition) is 2. The first-order valence-electron chi connectivity index (χ1n) is 9.19. The lowest BCUT2D eigenvalue weighted by atomic mass is 10.2. The number of anilines is 1. The van der Waals surface area contributed by atoms with E-state index in [0.717, 1.165) is 29.2 Å². The van der Waals surface area contributed by atoms with Gasteiger partial charge in [-0.2, -0.15) is 5.10 Å². The molecule has 0 aliphatic rings. The van der Waals surface area contributed by atoms with Crippen molar-refractivity contribution in [3.63, 3.8) is 0 Å². The second kappa shape index (κ2) is 8.81. The smallest absolute Gasteiger partial charge is 0.181 e. The van der Waals surface area contributed by atoms with Crippen LogP contribution in [-0.4, -0.2) is 26.8 Å². The minimum atomic E-state index is 0.547. The van der Waals surface area contributed by atoms with E-state index in [9.17, 15) is 0 Å². The average Bonchev–Trinajstić information content (AvgIpc) is 3.23. The fourth-order valence-electron chi connectivity index (χ4n) is 2.82. The molecular weight excluding hydrogens is 350 g/mol. The molecule has 0 radical (unpaired) electrons. The van der Waals surface area contributed by atoms with Crippen molar-refractivity contribution in [2.75, 3.05) is 11.9 Å². The number of aromatic amines is 1. The Kier molecular flexibility index (Phi) is 5.58. The summed E-state index contributed by atoms with van der Waals surface area (Å²) in [7, 11) is 0. The summed E-state index contributed by atoms with van der Waals surface area (Å²) >= 11 is 0. The van der Waals surface area contributed by atoms with Crippen molar-refractivity contribution >= 4 is 5.69 Å². The molecule has 2 heterocycles. The Morgan fingerprint density at radius 1 is 0.929 bits per heavy atom. The summed E-state index contributed by atoms with van der Waals surface area (Å²) in [6, 6.07) is 22.0. The van der Waals surface area contributed by atoms with Gasteiger partial charge in [-0.25, -0.2) is 4.98 Å². The van der Waals surface area contributed by atoms with Gasteiger partial charge in [-0.1, -0.05) is 36.4 Å². The van der Waals surface area contributed by atoms with Gasteiger partial charge in [0.1, 0.15) is 11.6 Å². The zero-order valence-electron chi connectivity index (χ0n) is 15.4. The molecule has 4 aromatic rings. The molecule has 0 fully saturated rings. The van der Waals surface area contributed by atoms with Gasteiger partial charge in [0, 0.05) is 36.1 Å². The van der Waals surface area contributed by atoms with Crippen LogP contribution in [0.15, 0.2) is 79.1 Å². The molecular formula is C22H21N5O. The molecule has 0 bridgehead atoms. The summed E-state index contributed by atoms with van der Waals surface area (Å²) in [4.78, 5) is 8.52. The summed E-state index contributed by atoms with van der Waals surface area (Å²) in [5.74, 6) is 2.27. The number of ether oxygens (including phenoxy) is 1. The van der Waals surface area contributed by atoms with Crippen LogP contribution in [0, 0.1) is 0 Å². The van der Waals surface area contributed by atoms with E-state index in [0.29, 0.717) is 19.0 Å². The van der Waals surface area contributed by atoms with Gasteiger partial charge in [-0.15, -0.1) is 0 Å². The largest absolute Gasteiger partial charge is 0.493 e. The van der Waals surface area contributed by atoms with E-state index in [2.05, 4.69) is 37.6 Å². The molecule has 6 nitrogen and oxygen atoms in total. The topological polar surface area (TPSA) is 75.7 Å². The van der Waals surface area contributed by atoms with Crippen molar-refractivity contribution < 1.29 is 4.74 Å². The fourth-order valence-corrected chi connectivity index (χ4v) is 2.82.